The molecule has 1 saturated heterocycles. The Labute approximate surface area is 173 Å². The van der Waals surface area contributed by atoms with Gasteiger partial charge in [0.05, 0.1) is 0 Å². The Morgan fingerprint density at radius 3 is 2.33 bits per heavy atom. The third kappa shape index (κ3) is 4.83. The smallest absolute Gasteiger partial charge is 0.260 e. The molecule has 8 heteroatoms. The number of carbonyl (C=O) groups excluding carboxylic acids is 1. The largest absolute Gasteiger partial charge is 0.481 e. The fourth-order valence-electron chi connectivity index (χ4n) is 3.12. The van der Waals surface area contributed by atoms with Gasteiger partial charge in [0.1, 0.15) is 5.75 Å². The second kappa shape index (κ2) is 9.21. The van der Waals surface area contributed by atoms with Crippen LogP contribution in [-0.2, 0) is 4.79 Å². The summed E-state index contributed by atoms with van der Waals surface area (Å²) in [6, 6.07) is 19.1. The maximum absolute atomic E-state index is 13.6. The minimum atomic E-state index is -0.478. The fourth-order valence-corrected chi connectivity index (χ4v) is 3.12. The topological polar surface area (TPSA) is 67.8 Å². The van der Waals surface area contributed by atoms with Gasteiger partial charge < -0.3 is 19.3 Å². The summed E-state index contributed by atoms with van der Waals surface area (Å²) in [5.74, 6) is 1.28. The number of rotatable bonds is 6. The molecule has 1 aromatic heterocycles. The number of benzene rings is 2. The van der Waals surface area contributed by atoms with E-state index in [4.69, 9.17) is 9.47 Å². The predicted molar refractivity (Wildman–Crippen MR) is 109 cm³/mol. The van der Waals surface area contributed by atoms with Crippen molar-refractivity contribution in [2.75, 3.05) is 37.7 Å². The highest BCUT2D eigenvalue weighted by atomic mass is 19.1. The molecule has 0 radical (unpaired) electrons. The van der Waals surface area contributed by atoms with Crippen molar-refractivity contribution in [2.24, 2.45) is 0 Å². The molecule has 2 heterocycles. The van der Waals surface area contributed by atoms with E-state index in [1.165, 1.54) is 12.1 Å². The Morgan fingerprint density at radius 2 is 1.63 bits per heavy atom. The maximum atomic E-state index is 13.6. The highest BCUT2D eigenvalue weighted by molar-refractivity contribution is 5.78. The summed E-state index contributed by atoms with van der Waals surface area (Å²) in [6.45, 7) is 2.12. The second-order valence-corrected chi connectivity index (χ2v) is 6.73. The van der Waals surface area contributed by atoms with Crippen LogP contribution in [0.25, 0.3) is 0 Å². The van der Waals surface area contributed by atoms with E-state index in [1.807, 2.05) is 36.4 Å². The molecule has 30 heavy (non-hydrogen) atoms. The van der Waals surface area contributed by atoms with Gasteiger partial charge in [0, 0.05) is 32.2 Å². The number of carbonyl (C=O) groups is 1. The van der Waals surface area contributed by atoms with Gasteiger partial charge in [-0.2, -0.15) is 0 Å². The number of ether oxygens (including phenoxy) is 2. The summed E-state index contributed by atoms with van der Waals surface area (Å²) in [7, 11) is 0. The molecule has 1 aliphatic rings. The van der Waals surface area contributed by atoms with E-state index in [9.17, 15) is 9.18 Å². The molecule has 1 aliphatic heterocycles. The molecule has 7 nitrogen and oxygen atoms in total. The van der Waals surface area contributed by atoms with Crippen LogP contribution < -0.4 is 14.4 Å². The molecule has 3 aromatic rings. The Bertz CT molecular complexity index is 977. The van der Waals surface area contributed by atoms with Crippen LogP contribution >= 0.6 is 0 Å². The highest BCUT2D eigenvalue weighted by Gasteiger charge is 2.22. The number of para-hydroxylation sites is 2. The Kier molecular flexibility index (Phi) is 6.03. The van der Waals surface area contributed by atoms with E-state index in [0.717, 1.165) is 5.82 Å². The van der Waals surface area contributed by atoms with Crippen molar-refractivity contribution in [1.82, 2.24) is 15.1 Å². The van der Waals surface area contributed by atoms with E-state index in [0.29, 0.717) is 37.8 Å². The van der Waals surface area contributed by atoms with Crippen LogP contribution in [0.1, 0.15) is 0 Å². The van der Waals surface area contributed by atoms with Crippen LogP contribution in [0.5, 0.6) is 17.4 Å². The van der Waals surface area contributed by atoms with Crippen LogP contribution in [0.4, 0.5) is 10.2 Å². The van der Waals surface area contributed by atoms with Crippen LogP contribution in [0, 0.1) is 5.82 Å². The van der Waals surface area contributed by atoms with Gasteiger partial charge in [0.15, 0.2) is 24.0 Å². The first kappa shape index (κ1) is 19.6. The molecule has 0 atom stereocenters. The quantitative estimate of drug-likeness (QED) is 0.624. The molecule has 2 aromatic carbocycles. The number of halogens is 1. The van der Waals surface area contributed by atoms with Gasteiger partial charge in [-0.1, -0.05) is 30.3 Å². The lowest BCUT2D eigenvalue weighted by atomic mass is 10.3. The Morgan fingerprint density at radius 1 is 0.900 bits per heavy atom. The standard InChI is InChI=1S/C22H21FN4O3/c23-18-8-4-5-9-19(18)29-16-22(28)27-14-12-26(13-15-27)20-10-11-21(25-24-20)30-17-6-2-1-3-7-17/h1-11H,12-16H2. The first-order chi connectivity index (χ1) is 14.7. The first-order valence-corrected chi connectivity index (χ1v) is 9.66. The predicted octanol–water partition coefficient (Wildman–Crippen LogP) is 3.14. The third-order valence-corrected chi connectivity index (χ3v) is 4.74. The molecule has 1 fully saturated rings. The minimum absolute atomic E-state index is 0.0811. The van der Waals surface area contributed by atoms with Crippen molar-refractivity contribution in [3.05, 3.63) is 72.5 Å². The van der Waals surface area contributed by atoms with E-state index >= 15 is 0 Å². The summed E-state index contributed by atoms with van der Waals surface area (Å²) >= 11 is 0. The van der Waals surface area contributed by atoms with E-state index in [-0.39, 0.29) is 18.3 Å². The molecule has 154 valence electrons. The number of anilines is 1. The van der Waals surface area contributed by atoms with E-state index < -0.39 is 5.82 Å². The summed E-state index contributed by atoms with van der Waals surface area (Å²) in [6.07, 6.45) is 0. The number of aromatic nitrogens is 2. The van der Waals surface area contributed by atoms with E-state index in [2.05, 4.69) is 15.1 Å². The molecule has 0 bridgehead atoms. The number of amides is 1. The lowest BCUT2D eigenvalue weighted by Gasteiger charge is -2.35. The summed E-state index contributed by atoms with van der Waals surface area (Å²) < 4.78 is 24.6. The summed E-state index contributed by atoms with van der Waals surface area (Å²) in [5.41, 5.74) is 0. The number of hydrogen-bond acceptors (Lipinski definition) is 6. The van der Waals surface area contributed by atoms with Crippen LogP contribution in [0.15, 0.2) is 66.7 Å². The molecule has 0 aliphatic carbocycles. The van der Waals surface area contributed by atoms with Crippen molar-refractivity contribution in [1.29, 1.82) is 0 Å². The van der Waals surface area contributed by atoms with Crippen LogP contribution in [0.3, 0.4) is 0 Å². The lowest BCUT2D eigenvalue weighted by molar-refractivity contribution is -0.133. The van der Waals surface area contributed by atoms with Gasteiger partial charge in [-0.3, -0.25) is 4.79 Å². The Balaban J connectivity index is 1.27. The average Bonchev–Trinajstić information content (AvgIpc) is 2.80. The van der Waals surface area contributed by atoms with E-state index in [1.54, 1.807) is 23.1 Å². The highest BCUT2D eigenvalue weighted by Crippen LogP contribution is 2.21. The fraction of sp³-hybridized carbons (Fsp3) is 0.227. The summed E-state index contributed by atoms with van der Waals surface area (Å²) in [5, 5.41) is 8.36. The molecular weight excluding hydrogens is 387 g/mol. The van der Waals surface area contributed by atoms with Gasteiger partial charge in [-0.05, 0) is 30.3 Å². The molecule has 0 saturated carbocycles. The van der Waals surface area contributed by atoms with Gasteiger partial charge in [0.2, 0.25) is 5.88 Å². The number of hydrogen-bond donors (Lipinski definition) is 0. The van der Waals surface area contributed by atoms with Gasteiger partial charge in [0.25, 0.3) is 5.91 Å². The number of nitrogens with zero attached hydrogens (tertiary/aromatic N) is 4. The monoisotopic (exact) mass is 408 g/mol. The van der Waals surface area contributed by atoms with Gasteiger partial charge >= 0.3 is 0 Å². The normalized spacial score (nSPS) is 13.8. The molecule has 0 N–H and O–H groups in total. The van der Waals surface area contributed by atoms with Crippen LogP contribution in [0.2, 0.25) is 0 Å². The maximum Gasteiger partial charge on any atom is 0.260 e. The van der Waals surface area contributed by atoms with Crippen molar-refractivity contribution < 1.29 is 18.7 Å². The molecule has 0 unspecified atom stereocenters. The average molecular weight is 408 g/mol. The molecule has 1 amide bonds. The van der Waals surface area contributed by atoms with Gasteiger partial charge in [-0.15, -0.1) is 10.2 Å². The lowest BCUT2D eigenvalue weighted by Crippen LogP contribution is -2.50. The number of piperazine rings is 1. The Hall–Kier alpha value is -3.68. The third-order valence-electron chi connectivity index (χ3n) is 4.74. The van der Waals surface area contributed by atoms with Gasteiger partial charge in [-0.25, -0.2) is 4.39 Å². The van der Waals surface area contributed by atoms with Crippen molar-refractivity contribution in [2.45, 2.75) is 0 Å². The van der Waals surface area contributed by atoms with Crippen molar-refractivity contribution >= 4 is 11.7 Å². The summed E-state index contributed by atoms with van der Waals surface area (Å²) in [4.78, 5) is 16.1. The van der Waals surface area contributed by atoms with Crippen molar-refractivity contribution in [3.8, 4) is 17.4 Å². The zero-order chi connectivity index (χ0) is 20.8. The second-order valence-electron chi connectivity index (χ2n) is 6.73. The van der Waals surface area contributed by atoms with Crippen LogP contribution in [-0.4, -0.2) is 53.8 Å². The zero-order valence-corrected chi connectivity index (χ0v) is 16.3. The molecular formula is C22H21FN4O3. The molecule has 0 spiro atoms. The minimum Gasteiger partial charge on any atom is -0.481 e. The first-order valence-electron chi connectivity index (χ1n) is 9.66. The molecule has 4 rings (SSSR count). The van der Waals surface area contributed by atoms with Crippen molar-refractivity contribution in [3.63, 3.8) is 0 Å². The SMILES string of the molecule is O=C(COc1ccccc1F)N1CCN(c2ccc(Oc3ccccc3)nn2)CC1. The zero-order valence-electron chi connectivity index (χ0n) is 16.3.